The first kappa shape index (κ1) is 11.1. The number of aliphatic hydroxyl groups is 1. The Kier molecular flexibility index (Phi) is 2.94. The van der Waals surface area contributed by atoms with Crippen LogP contribution in [0.5, 0.6) is 0 Å². The molecule has 0 amide bonds. The Labute approximate surface area is 98.5 Å². The summed E-state index contributed by atoms with van der Waals surface area (Å²) in [5, 5.41) is 14.6. The highest BCUT2D eigenvalue weighted by Crippen LogP contribution is 2.27. The van der Waals surface area contributed by atoms with Crippen LogP contribution in [0.4, 0.5) is 0 Å². The Morgan fingerprint density at radius 2 is 2.12 bits per heavy atom. The molecule has 0 radical (unpaired) electrons. The molecule has 0 aliphatic rings. The number of aryl methyl sites for hydroxylation is 2. The molecule has 16 heavy (non-hydrogen) atoms. The van der Waals surface area contributed by atoms with Crippen molar-refractivity contribution in [2.75, 3.05) is 0 Å². The van der Waals surface area contributed by atoms with Gasteiger partial charge in [0.15, 0.2) is 0 Å². The molecule has 2 aromatic heterocycles. The third-order valence-electron chi connectivity index (χ3n) is 2.41. The van der Waals surface area contributed by atoms with Crippen LogP contribution in [-0.2, 0) is 7.05 Å². The third-order valence-corrected chi connectivity index (χ3v) is 2.70. The molecule has 2 rings (SSSR count). The lowest BCUT2D eigenvalue weighted by atomic mass is 10.1. The highest BCUT2D eigenvalue weighted by Gasteiger charge is 2.18. The Morgan fingerprint density at radius 1 is 1.38 bits per heavy atom. The van der Waals surface area contributed by atoms with Crippen LogP contribution in [0.25, 0.3) is 0 Å². The van der Waals surface area contributed by atoms with E-state index in [1.807, 2.05) is 13.0 Å². The largest absolute Gasteiger partial charge is 0.382 e. The van der Waals surface area contributed by atoms with Crippen LogP contribution >= 0.6 is 11.6 Å². The number of aliphatic hydroxyl groups excluding tert-OH is 1. The molecule has 0 saturated heterocycles. The molecule has 0 aliphatic heterocycles. The zero-order valence-electron chi connectivity index (χ0n) is 9.05. The van der Waals surface area contributed by atoms with Gasteiger partial charge in [0.05, 0.1) is 16.9 Å². The molecular weight excluding hydrogens is 226 g/mol. The van der Waals surface area contributed by atoms with E-state index < -0.39 is 6.10 Å². The fourth-order valence-electron chi connectivity index (χ4n) is 1.61. The summed E-state index contributed by atoms with van der Waals surface area (Å²) < 4.78 is 1.56. The smallest absolute Gasteiger partial charge is 0.124 e. The van der Waals surface area contributed by atoms with Crippen molar-refractivity contribution in [3.05, 3.63) is 46.5 Å². The predicted octanol–water partition coefficient (Wildman–Crippen LogP) is 1.86. The van der Waals surface area contributed by atoms with Gasteiger partial charge < -0.3 is 5.11 Å². The molecule has 0 spiro atoms. The maximum absolute atomic E-state index is 10.2. The first-order valence-corrected chi connectivity index (χ1v) is 5.24. The van der Waals surface area contributed by atoms with Crippen molar-refractivity contribution in [3.8, 4) is 0 Å². The number of hydrogen-bond acceptors (Lipinski definition) is 3. The molecule has 0 fully saturated rings. The second kappa shape index (κ2) is 4.23. The minimum absolute atomic E-state index is 0.455. The van der Waals surface area contributed by atoms with Crippen molar-refractivity contribution in [1.29, 1.82) is 0 Å². The number of halogens is 1. The SMILES string of the molecule is Cc1cncc(C(O)c2c(Cl)cnn2C)c1. The zero-order chi connectivity index (χ0) is 11.7. The predicted molar refractivity (Wildman–Crippen MR) is 61.3 cm³/mol. The van der Waals surface area contributed by atoms with E-state index in [-0.39, 0.29) is 0 Å². The van der Waals surface area contributed by atoms with Gasteiger partial charge in [0.1, 0.15) is 6.10 Å². The Bertz CT molecular complexity index is 490. The maximum Gasteiger partial charge on any atom is 0.124 e. The van der Waals surface area contributed by atoms with Gasteiger partial charge in [-0.1, -0.05) is 17.7 Å². The molecular formula is C11H12ClN3O. The molecule has 0 saturated carbocycles. The van der Waals surface area contributed by atoms with E-state index in [1.165, 1.54) is 6.20 Å². The second-order valence-electron chi connectivity index (χ2n) is 3.70. The molecule has 1 N–H and O–H groups in total. The standard InChI is InChI=1S/C11H12ClN3O/c1-7-3-8(5-13-4-7)11(16)10-9(12)6-14-15(10)2/h3-6,11,16H,1-2H3. The molecule has 0 aliphatic carbocycles. The summed E-state index contributed by atoms with van der Waals surface area (Å²) in [4.78, 5) is 4.04. The van der Waals surface area contributed by atoms with Gasteiger partial charge in [-0.15, -0.1) is 0 Å². The molecule has 5 heteroatoms. The van der Waals surface area contributed by atoms with Crippen molar-refractivity contribution in [1.82, 2.24) is 14.8 Å². The lowest BCUT2D eigenvalue weighted by Gasteiger charge is -2.12. The summed E-state index contributed by atoms with van der Waals surface area (Å²) in [5.41, 5.74) is 2.29. The highest BCUT2D eigenvalue weighted by atomic mass is 35.5. The van der Waals surface area contributed by atoms with Crippen molar-refractivity contribution < 1.29 is 5.11 Å². The summed E-state index contributed by atoms with van der Waals surface area (Å²) in [6.07, 6.45) is 4.08. The van der Waals surface area contributed by atoms with Crippen LogP contribution < -0.4 is 0 Å². The average Bonchev–Trinajstić information content (AvgIpc) is 2.58. The second-order valence-corrected chi connectivity index (χ2v) is 4.11. The first-order chi connectivity index (χ1) is 7.59. The van der Waals surface area contributed by atoms with Gasteiger partial charge in [-0.25, -0.2) is 0 Å². The van der Waals surface area contributed by atoms with Gasteiger partial charge >= 0.3 is 0 Å². The zero-order valence-corrected chi connectivity index (χ0v) is 9.81. The van der Waals surface area contributed by atoms with Gasteiger partial charge in [0.25, 0.3) is 0 Å². The van der Waals surface area contributed by atoms with E-state index in [0.717, 1.165) is 5.56 Å². The minimum atomic E-state index is -0.799. The topological polar surface area (TPSA) is 50.9 Å². The molecule has 0 bridgehead atoms. The lowest BCUT2D eigenvalue weighted by Crippen LogP contribution is -2.07. The van der Waals surface area contributed by atoms with Crippen LogP contribution in [0, 0.1) is 6.92 Å². The van der Waals surface area contributed by atoms with Crippen LogP contribution in [0.2, 0.25) is 5.02 Å². The summed E-state index contributed by atoms with van der Waals surface area (Å²) >= 11 is 5.97. The maximum atomic E-state index is 10.2. The van der Waals surface area contributed by atoms with Crippen molar-refractivity contribution in [3.63, 3.8) is 0 Å². The molecule has 0 aromatic carbocycles. The van der Waals surface area contributed by atoms with Crippen molar-refractivity contribution >= 4 is 11.6 Å². The molecule has 1 atom stereocenters. The van der Waals surface area contributed by atoms with E-state index in [4.69, 9.17) is 11.6 Å². The van der Waals surface area contributed by atoms with Crippen LogP contribution in [-0.4, -0.2) is 19.9 Å². The van der Waals surface area contributed by atoms with Gasteiger partial charge in [-0.2, -0.15) is 5.10 Å². The number of pyridine rings is 1. The van der Waals surface area contributed by atoms with Crippen LogP contribution in [0.3, 0.4) is 0 Å². The van der Waals surface area contributed by atoms with Crippen LogP contribution in [0.1, 0.15) is 22.9 Å². The summed E-state index contributed by atoms with van der Waals surface area (Å²) in [7, 11) is 1.74. The van der Waals surface area contributed by atoms with E-state index in [0.29, 0.717) is 16.3 Å². The van der Waals surface area contributed by atoms with Gasteiger partial charge in [0, 0.05) is 25.0 Å². The lowest BCUT2D eigenvalue weighted by molar-refractivity contribution is 0.209. The fourth-order valence-corrected chi connectivity index (χ4v) is 1.88. The van der Waals surface area contributed by atoms with E-state index in [9.17, 15) is 5.11 Å². The van der Waals surface area contributed by atoms with E-state index >= 15 is 0 Å². The Hall–Kier alpha value is -1.39. The normalized spacial score (nSPS) is 12.8. The molecule has 4 nitrogen and oxygen atoms in total. The highest BCUT2D eigenvalue weighted by molar-refractivity contribution is 6.31. The Morgan fingerprint density at radius 3 is 2.69 bits per heavy atom. The van der Waals surface area contributed by atoms with Crippen LogP contribution in [0.15, 0.2) is 24.7 Å². The summed E-state index contributed by atoms with van der Waals surface area (Å²) in [6.45, 7) is 1.92. The fraction of sp³-hybridized carbons (Fsp3) is 0.273. The molecule has 84 valence electrons. The van der Waals surface area contributed by atoms with E-state index in [1.54, 1.807) is 24.1 Å². The minimum Gasteiger partial charge on any atom is -0.382 e. The van der Waals surface area contributed by atoms with Gasteiger partial charge in [-0.05, 0) is 12.5 Å². The quantitative estimate of drug-likeness (QED) is 0.868. The average molecular weight is 238 g/mol. The van der Waals surface area contributed by atoms with Crippen molar-refractivity contribution in [2.45, 2.75) is 13.0 Å². The van der Waals surface area contributed by atoms with Crippen molar-refractivity contribution in [2.24, 2.45) is 7.05 Å². The summed E-state index contributed by atoms with van der Waals surface area (Å²) in [5.74, 6) is 0. The third kappa shape index (κ3) is 1.94. The number of aromatic nitrogens is 3. The molecule has 1 unspecified atom stereocenters. The Balaban J connectivity index is 2.43. The first-order valence-electron chi connectivity index (χ1n) is 4.86. The number of nitrogens with zero attached hydrogens (tertiary/aromatic N) is 3. The molecule has 2 heterocycles. The number of hydrogen-bond donors (Lipinski definition) is 1. The number of rotatable bonds is 2. The van der Waals surface area contributed by atoms with E-state index in [2.05, 4.69) is 10.1 Å². The summed E-state index contributed by atoms with van der Waals surface area (Å²) in [6, 6.07) is 1.88. The monoisotopic (exact) mass is 237 g/mol. The molecule has 2 aromatic rings. The van der Waals surface area contributed by atoms with Gasteiger partial charge in [0.2, 0.25) is 0 Å². The van der Waals surface area contributed by atoms with Gasteiger partial charge in [-0.3, -0.25) is 9.67 Å².